The van der Waals surface area contributed by atoms with E-state index in [9.17, 15) is 0 Å². The van der Waals surface area contributed by atoms with Crippen molar-refractivity contribution in [2.24, 2.45) is 0 Å². The summed E-state index contributed by atoms with van der Waals surface area (Å²) in [7, 11) is 0. The number of para-hydroxylation sites is 2. The summed E-state index contributed by atoms with van der Waals surface area (Å²) in [5, 5.41) is 2.46. The summed E-state index contributed by atoms with van der Waals surface area (Å²) in [5.74, 6) is 0. The van der Waals surface area contributed by atoms with E-state index in [1.54, 1.807) is 0 Å². The van der Waals surface area contributed by atoms with Gasteiger partial charge in [0, 0.05) is 33.8 Å². The maximum atomic E-state index is 2.45. The molecule has 0 saturated heterocycles. The fourth-order valence-corrected chi connectivity index (χ4v) is 7.75. The van der Waals surface area contributed by atoms with Crippen LogP contribution in [0, 0.1) is 0 Å². The highest BCUT2D eigenvalue weighted by Gasteiger charge is 2.37. The largest absolute Gasteiger partial charge is 0.310 e. The minimum atomic E-state index is 0.142. The Morgan fingerprint density at radius 2 is 0.840 bits per heavy atom. The molecule has 7 aromatic carbocycles. The highest BCUT2D eigenvalue weighted by atomic mass is 15.1. The van der Waals surface area contributed by atoms with Gasteiger partial charge in [-0.1, -0.05) is 131 Å². The predicted molar refractivity (Wildman–Crippen MR) is 214 cm³/mol. The second-order valence-corrected chi connectivity index (χ2v) is 14.9. The number of fused-ring (bicyclic) bond motifs is 2. The number of hydrogen-bond donors (Lipinski definition) is 0. The summed E-state index contributed by atoms with van der Waals surface area (Å²) < 4.78 is 0. The van der Waals surface area contributed by atoms with E-state index in [2.05, 4.69) is 207 Å². The molecule has 0 aliphatic heterocycles. The third-order valence-electron chi connectivity index (χ3n) is 10.7. The van der Waals surface area contributed by atoms with Crippen LogP contribution in [0.3, 0.4) is 0 Å². The maximum Gasteiger partial charge on any atom is 0.0540 e. The zero-order valence-electron chi connectivity index (χ0n) is 29.5. The molecular weight excluding hydrogens is 605 g/mol. The molecule has 50 heavy (non-hydrogen) atoms. The Labute approximate surface area is 297 Å². The molecule has 2 nitrogen and oxygen atoms in total. The van der Waals surface area contributed by atoms with Crippen molar-refractivity contribution in [2.45, 2.75) is 51.4 Å². The zero-order valence-corrected chi connectivity index (χ0v) is 29.5. The second kappa shape index (κ2) is 12.7. The molecule has 0 radical (unpaired) electrons. The van der Waals surface area contributed by atoms with Gasteiger partial charge in [0.25, 0.3) is 0 Å². The fraction of sp³-hybridized carbons (Fsp3) is 0.167. The SMILES string of the molecule is CC1(C)CCC(C)(C)c2cc(N(c3ccccc3)c3ccc(-c4ccc(N(c5ccccc5)c5cccc6ccccc56)cc4)cc3)ccc21. The minimum absolute atomic E-state index is 0.142. The van der Waals surface area contributed by atoms with Crippen LogP contribution in [0.2, 0.25) is 0 Å². The highest BCUT2D eigenvalue weighted by Crippen LogP contribution is 2.48. The van der Waals surface area contributed by atoms with Crippen LogP contribution >= 0.6 is 0 Å². The topological polar surface area (TPSA) is 6.48 Å². The van der Waals surface area contributed by atoms with Crippen molar-refractivity contribution in [3.05, 3.63) is 181 Å². The van der Waals surface area contributed by atoms with Crippen LogP contribution in [0.15, 0.2) is 170 Å². The Morgan fingerprint density at radius 1 is 0.380 bits per heavy atom. The van der Waals surface area contributed by atoms with Crippen molar-refractivity contribution in [2.75, 3.05) is 9.80 Å². The Balaban J connectivity index is 1.14. The van der Waals surface area contributed by atoms with E-state index in [1.165, 1.54) is 57.2 Å². The lowest BCUT2D eigenvalue weighted by Gasteiger charge is -2.42. The van der Waals surface area contributed by atoms with Crippen molar-refractivity contribution < 1.29 is 0 Å². The van der Waals surface area contributed by atoms with Crippen LogP contribution in [-0.4, -0.2) is 0 Å². The van der Waals surface area contributed by atoms with E-state index in [1.807, 2.05) is 0 Å². The third-order valence-corrected chi connectivity index (χ3v) is 10.7. The number of nitrogens with zero attached hydrogens (tertiary/aromatic N) is 2. The molecule has 0 heterocycles. The molecule has 0 amide bonds. The average molecular weight is 649 g/mol. The predicted octanol–water partition coefficient (Wildman–Crippen LogP) is 13.8. The normalized spacial score (nSPS) is 14.6. The quantitative estimate of drug-likeness (QED) is 0.170. The second-order valence-electron chi connectivity index (χ2n) is 14.9. The van der Waals surface area contributed by atoms with Crippen molar-refractivity contribution in [1.29, 1.82) is 0 Å². The van der Waals surface area contributed by atoms with Gasteiger partial charge in [-0.2, -0.15) is 0 Å². The summed E-state index contributed by atoms with van der Waals surface area (Å²) in [5.41, 5.74) is 12.6. The maximum absolute atomic E-state index is 2.45. The average Bonchev–Trinajstić information content (AvgIpc) is 3.15. The minimum Gasteiger partial charge on any atom is -0.310 e. The molecule has 1 aliphatic carbocycles. The first-order chi connectivity index (χ1) is 24.3. The fourth-order valence-electron chi connectivity index (χ4n) is 7.75. The lowest BCUT2D eigenvalue weighted by molar-refractivity contribution is 0.332. The van der Waals surface area contributed by atoms with Crippen LogP contribution in [0.4, 0.5) is 34.1 Å². The summed E-state index contributed by atoms with van der Waals surface area (Å²) in [6.07, 6.45) is 2.41. The summed E-state index contributed by atoms with van der Waals surface area (Å²) in [4.78, 5) is 4.75. The van der Waals surface area contributed by atoms with Crippen molar-refractivity contribution in [1.82, 2.24) is 0 Å². The molecular formula is C48H44N2. The lowest BCUT2D eigenvalue weighted by atomic mass is 9.63. The highest BCUT2D eigenvalue weighted by molar-refractivity contribution is 5.99. The molecule has 1 aliphatic rings. The smallest absolute Gasteiger partial charge is 0.0540 e. The zero-order chi connectivity index (χ0) is 34.3. The van der Waals surface area contributed by atoms with Gasteiger partial charge in [-0.05, 0) is 118 Å². The van der Waals surface area contributed by atoms with Crippen molar-refractivity contribution >= 4 is 44.9 Å². The van der Waals surface area contributed by atoms with Crippen LogP contribution in [0.1, 0.15) is 51.7 Å². The third kappa shape index (κ3) is 5.86. The van der Waals surface area contributed by atoms with E-state index >= 15 is 0 Å². The van der Waals surface area contributed by atoms with Gasteiger partial charge < -0.3 is 9.80 Å². The van der Waals surface area contributed by atoms with E-state index in [-0.39, 0.29) is 10.8 Å². The summed E-state index contributed by atoms with van der Waals surface area (Å²) in [6.45, 7) is 9.59. The Bertz CT molecular complexity index is 2240. The van der Waals surface area contributed by atoms with Gasteiger partial charge in [0.2, 0.25) is 0 Å². The first kappa shape index (κ1) is 31.7. The van der Waals surface area contributed by atoms with Gasteiger partial charge in [-0.3, -0.25) is 0 Å². The van der Waals surface area contributed by atoms with E-state index < -0.39 is 0 Å². The molecule has 246 valence electrons. The molecule has 0 saturated carbocycles. The molecule has 0 unspecified atom stereocenters. The first-order valence-electron chi connectivity index (χ1n) is 17.8. The Kier molecular flexibility index (Phi) is 8.04. The molecule has 0 atom stereocenters. The van der Waals surface area contributed by atoms with Crippen LogP contribution < -0.4 is 9.80 Å². The van der Waals surface area contributed by atoms with E-state index in [4.69, 9.17) is 0 Å². The summed E-state index contributed by atoms with van der Waals surface area (Å²) >= 11 is 0. The molecule has 0 spiro atoms. The van der Waals surface area contributed by atoms with Gasteiger partial charge in [0.05, 0.1) is 5.69 Å². The molecule has 0 N–H and O–H groups in total. The molecule has 8 rings (SSSR count). The van der Waals surface area contributed by atoms with Gasteiger partial charge in [-0.15, -0.1) is 0 Å². The van der Waals surface area contributed by atoms with Crippen LogP contribution in [0.5, 0.6) is 0 Å². The van der Waals surface area contributed by atoms with Crippen LogP contribution in [-0.2, 0) is 10.8 Å². The number of benzene rings is 7. The number of anilines is 6. The van der Waals surface area contributed by atoms with E-state index in [0.717, 1.165) is 22.7 Å². The molecule has 0 fully saturated rings. The van der Waals surface area contributed by atoms with Crippen molar-refractivity contribution in [3.8, 4) is 11.1 Å². The summed E-state index contributed by atoms with van der Waals surface area (Å²) in [6, 6.07) is 61.7. The molecule has 2 heteroatoms. The van der Waals surface area contributed by atoms with Gasteiger partial charge >= 0.3 is 0 Å². The first-order valence-corrected chi connectivity index (χ1v) is 17.8. The Hall–Kier alpha value is -5.60. The Morgan fingerprint density at radius 3 is 1.46 bits per heavy atom. The number of rotatable bonds is 7. The molecule has 0 aromatic heterocycles. The van der Waals surface area contributed by atoms with Crippen LogP contribution in [0.25, 0.3) is 21.9 Å². The standard InChI is InChI=1S/C48H44N2/c1-47(2)32-33-48(3,4)45-34-42(30-31-44(45)47)49(38-16-7-5-8-17-38)40-26-22-35(23-27-40)36-24-28-41(29-25-36)50(39-18-9-6-10-19-39)46-21-13-15-37-14-11-12-20-43(37)46/h5-31,34H,32-33H2,1-4H3. The van der Waals surface area contributed by atoms with Crippen molar-refractivity contribution in [3.63, 3.8) is 0 Å². The van der Waals surface area contributed by atoms with E-state index in [0.29, 0.717) is 0 Å². The van der Waals surface area contributed by atoms with Gasteiger partial charge in [0.1, 0.15) is 0 Å². The lowest BCUT2D eigenvalue weighted by Crippen LogP contribution is -2.34. The van der Waals surface area contributed by atoms with Gasteiger partial charge in [0.15, 0.2) is 0 Å². The monoisotopic (exact) mass is 648 g/mol. The molecule has 0 bridgehead atoms. The number of hydrogen-bond acceptors (Lipinski definition) is 2. The van der Waals surface area contributed by atoms with Gasteiger partial charge in [-0.25, -0.2) is 0 Å². The molecule has 7 aromatic rings.